The van der Waals surface area contributed by atoms with Crippen molar-refractivity contribution in [2.45, 2.75) is 66.9 Å². The average molecular weight is 417 g/mol. The maximum atomic E-state index is 12.7. The summed E-state index contributed by atoms with van der Waals surface area (Å²) < 4.78 is 9.88. The summed E-state index contributed by atoms with van der Waals surface area (Å²) in [6, 6.07) is 0. The van der Waals surface area contributed by atoms with Crippen LogP contribution in [0, 0.1) is 5.92 Å². The van der Waals surface area contributed by atoms with E-state index in [1.54, 1.807) is 27.7 Å². The Kier molecular flexibility index (Phi) is 11.9. The van der Waals surface area contributed by atoms with Crippen LogP contribution in [0.3, 0.4) is 0 Å². The van der Waals surface area contributed by atoms with Crippen LogP contribution in [-0.2, 0) is 23.9 Å². The van der Waals surface area contributed by atoms with Gasteiger partial charge in [-0.25, -0.2) is 14.6 Å². The molecule has 0 aliphatic heterocycles. The fraction of sp³-hybridized carbons (Fsp3) is 0.789. The fourth-order valence-corrected chi connectivity index (χ4v) is 2.19. The van der Waals surface area contributed by atoms with Gasteiger partial charge in [-0.1, -0.05) is 27.2 Å². The molecule has 0 saturated heterocycles. The molecule has 0 aromatic carbocycles. The lowest BCUT2D eigenvalue weighted by Crippen LogP contribution is -2.55. The summed E-state index contributed by atoms with van der Waals surface area (Å²) in [6.07, 6.45) is 0.727. The van der Waals surface area contributed by atoms with E-state index in [4.69, 9.17) is 4.74 Å². The van der Waals surface area contributed by atoms with E-state index in [0.29, 0.717) is 13.0 Å². The van der Waals surface area contributed by atoms with Crippen LogP contribution < -0.4 is 10.9 Å². The number of nitrogens with one attached hydrogen (secondary N) is 2. The van der Waals surface area contributed by atoms with Crippen molar-refractivity contribution in [3.63, 3.8) is 0 Å². The molecule has 0 aliphatic rings. The van der Waals surface area contributed by atoms with Crippen molar-refractivity contribution < 1.29 is 28.7 Å². The maximum Gasteiger partial charge on any atom is 0.422 e. The van der Waals surface area contributed by atoms with E-state index < -0.39 is 29.5 Å². The third-order valence-electron chi connectivity index (χ3n) is 3.29. The molecule has 0 rings (SSSR count). The Bertz CT molecular complexity index is 559. The summed E-state index contributed by atoms with van der Waals surface area (Å²) in [7, 11) is 0. The summed E-state index contributed by atoms with van der Waals surface area (Å²) in [5.41, 5.74) is 4.17. The molecule has 0 heterocycles. The van der Waals surface area contributed by atoms with Crippen molar-refractivity contribution in [2.24, 2.45) is 5.92 Å². The highest BCUT2D eigenvalue weighted by Crippen LogP contribution is 2.07. The fourth-order valence-electron chi connectivity index (χ4n) is 2.19. The van der Waals surface area contributed by atoms with Crippen molar-refractivity contribution in [1.29, 1.82) is 0 Å². The molecule has 10 nitrogen and oxygen atoms in total. The first-order valence-corrected chi connectivity index (χ1v) is 9.92. The molecular weight excluding hydrogens is 380 g/mol. The molecule has 0 unspecified atom stereocenters. The number of carbonyl (C=O) groups excluding carboxylic acids is 4. The monoisotopic (exact) mass is 416 g/mol. The Morgan fingerprint density at radius 1 is 1.03 bits per heavy atom. The molecule has 0 fully saturated rings. The van der Waals surface area contributed by atoms with Gasteiger partial charge in [0, 0.05) is 13.1 Å². The maximum absolute atomic E-state index is 12.7. The molecule has 168 valence electrons. The van der Waals surface area contributed by atoms with Crippen molar-refractivity contribution in [3.05, 3.63) is 0 Å². The standard InChI is InChI=1S/C19H36N4O6/c1-8-10-11-23(20-16(25)17(26)28-9-2)15(24)13-22(12-14(3)4)21-18(27)29-19(5,6)7/h14H,8-13H2,1-7H3,(H,20,25)(H,21,27). The first-order valence-electron chi connectivity index (χ1n) is 9.92. The molecule has 0 aliphatic carbocycles. The molecule has 10 heteroatoms. The minimum absolute atomic E-state index is 0.0527. The normalized spacial score (nSPS) is 11.2. The van der Waals surface area contributed by atoms with Crippen molar-refractivity contribution >= 4 is 23.9 Å². The SMILES string of the molecule is CCCCN(NC(=O)C(=O)OCC)C(=O)CN(CC(C)C)NC(=O)OC(C)(C)C. The zero-order chi connectivity index (χ0) is 22.6. The van der Waals surface area contributed by atoms with Crippen LogP contribution in [0.25, 0.3) is 0 Å². The number of hydrogen-bond donors (Lipinski definition) is 2. The summed E-state index contributed by atoms with van der Waals surface area (Å²) in [4.78, 5) is 48.3. The average Bonchev–Trinajstić information content (AvgIpc) is 2.55. The van der Waals surface area contributed by atoms with Crippen LogP contribution in [0.5, 0.6) is 0 Å². The lowest BCUT2D eigenvalue weighted by molar-refractivity contribution is -0.158. The largest absolute Gasteiger partial charge is 0.459 e. The topological polar surface area (TPSA) is 117 Å². The summed E-state index contributed by atoms with van der Waals surface area (Å²) in [5.74, 6) is -2.41. The Hall–Kier alpha value is -2.36. The summed E-state index contributed by atoms with van der Waals surface area (Å²) in [6.45, 7) is 13.1. The first kappa shape index (κ1) is 26.6. The summed E-state index contributed by atoms with van der Waals surface area (Å²) >= 11 is 0. The van der Waals surface area contributed by atoms with Gasteiger partial charge in [0.15, 0.2) is 0 Å². The molecule has 0 radical (unpaired) electrons. The Labute approximate surface area is 173 Å². The molecule has 29 heavy (non-hydrogen) atoms. The van der Waals surface area contributed by atoms with Gasteiger partial charge in [0.05, 0.1) is 13.2 Å². The van der Waals surface area contributed by atoms with Gasteiger partial charge in [-0.2, -0.15) is 0 Å². The number of unbranched alkanes of at least 4 members (excludes halogenated alkanes) is 1. The van der Waals surface area contributed by atoms with Crippen molar-refractivity contribution in [2.75, 3.05) is 26.2 Å². The van der Waals surface area contributed by atoms with E-state index in [2.05, 4.69) is 15.6 Å². The van der Waals surface area contributed by atoms with Gasteiger partial charge in [-0.3, -0.25) is 25.4 Å². The second-order valence-corrected chi connectivity index (χ2v) is 7.95. The summed E-state index contributed by atoms with van der Waals surface area (Å²) in [5, 5.41) is 2.50. The molecular formula is C19H36N4O6. The second-order valence-electron chi connectivity index (χ2n) is 7.95. The molecule has 0 spiro atoms. The molecule has 0 bridgehead atoms. The third-order valence-corrected chi connectivity index (χ3v) is 3.29. The first-order chi connectivity index (χ1) is 13.4. The van der Waals surface area contributed by atoms with E-state index in [-0.39, 0.29) is 25.6 Å². The van der Waals surface area contributed by atoms with Gasteiger partial charge in [0.25, 0.3) is 5.91 Å². The minimum Gasteiger partial charge on any atom is -0.459 e. The van der Waals surface area contributed by atoms with Gasteiger partial charge in [0.2, 0.25) is 0 Å². The Morgan fingerprint density at radius 2 is 1.66 bits per heavy atom. The number of carbonyl (C=O) groups is 4. The Balaban J connectivity index is 5.16. The highest BCUT2D eigenvalue weighted by molar-refractivity contribution is 6.32. The van der Waals surface area contributed by atoms with Crippen LogP contribution >= 0.6 is 0 Å². The van der Waals surface area contributed by atoms with Crippen LogP contribution in [0.2, 0.25) is 0 Å². The quantitative estimate of drug-likeness (QED) is 0.333. The smallest absolute Gasteiger partial charge is 0.422 e. The van der Waals surface area contributed by atoms with E-state index >= 15 is 0 Å². The molecule has 2 N–H and O–H groups in total. The van der Waals surface area contributed by atoms with Gasteiger partial charge >= 0.3 is 18.0 Å². The minimum atomic E-state index is -1.06. The van der Waals surface area contributed by atoms with E-state index in [0.717, 1.165) is 11.4 Å². The second kappa shape index (κ2) is 13.0. The number of esters is 1. The molecule has 0 saturated carbocycles. The number of ether oxygens (including phenoxy) is 2. The molecule has 3 amide bonds. The zero-order valence-electron chi connectivity index (χ0n) is 18.7. The van der Waals surface area contributed by atoms with Crippen LogP contribution in [-0.4, -0.2) is 65.7 Å². The number of hydrogen-bond acceptors (Lipinski definition) is 7. The number of rotatable bonds is 9. The molecule has 0 atom stereocenters. The number of hydrazine groups is 2. The predicted molar refractivity (Wildman–Crippen MR) is 107 cm³/mol. The van der Waals surface area contributed by atoms with Crippen molar-refractivity contribution in [1.82, 2.24) is 20.9 Å². The predicted octanol–water partition coefficient (Wildman–Crippen LogP) is 1.61. The van der Waals surface area contributed by atoms with Crippen molar-refractivity contribution in [3.8, 4) is 0 Å². The Morgan fingerprint density at radius 3 is 2.14 bits per heavy atom. The lowest BCUT2D eigenvalue weighted by Gasteiger charge is -2.29. The van der Waals surface area contributed by atoms with Gasteiger partial charge in [-0.15, -0.1) is 0 Å². The number of nitrogens with zero attached hydrogens (tertiary/aromatic N) is 2. The van der Waals surface area contributed by atoms with Gasteiger partial charge < -0.3 is 9.47 Å². The van der Waals surface area contributed by atoms with E-state index in [9.17, 15) is 19.2 Å². The zero-order valence-corrected chi connectivity index (χ0v) is 18.7. The van der Waals surface area contributed by atoms with Gasteiger partial charge in [0.1, 0.15) is 5.60 Å². The van der Waals surface area contributed by atoms with E-state index in [1.807, 2.05) is 20.8 Å². The highest BCUT2D eigenvalue weighted by atomic mass is 16.6. The van der Waals surface area contributed by atoms with Crippen LogP contribution in [0.1, 0.15) is 61.3 Å². The molecule has 0 aromatic rings. The molecule has 0 aromatic heterocycles. The van der Waals surface area contributed by atoms with Crippen LogP contribution in [0.4, 0.5) is 4.79 Å². The number of amides is 3. The van der Waals surface area contributed by atoms with Crippen LogP contribution in [0.15, 0.2) is 0 Å². The highest BCUT2D eigenvalue weighted by Gasteiger charge is 2.25. The lowest BCUT2D eigenvalue weighted by atomic mass is 10.2. The van der Waals surface area contributed by atoms with E-state index in [1.165, 1.54) is 5.01 Å². The van der Waals surface area contributed by atoms with Gasteiger partial charge in [-0.05, 0) is 40.0 Å². The third kappa shape index (κ3) is 12.7.